The zero-order valence-electron chi connectivity index (χ0n) is 12.6. The molecule has 0 atom stereocenters. The minimum Gasteiger partial charge on any atom is -0.354 e. The molecule has 0 aromatic rings. The van der Waals surface area contributed by atoms with Crippen LogP contribution >= 0.6 is 0 Å². The summed E-state index contributed by atoms with van der Waals surface area (Å²) >= 11 is 0. The van der Waals surface area contributed by atoms with E-state index < -0.39 is 0 Å². The summed E-state index contributed by atoms with van der Waals surface area (Å²) in [7, 11) is 3.52. The summed E-state index contributed by atoms with van der Waals surface area (Å²) < 4.78 is 0. The Bertz CT molecular complexity index is 353. The van der Waals surface area contributed by atoms with Gasteiger partial charge >= 0.3 is 0 Å². The smallest absolute Gasteiger partial charge is 0.237 e. The van der Waals surface area contributed by atoms with Gasteiger partial charge in [0.05, 0.1) is 13.1 Å². The SMILES string of the molecule is C#CCN(C)C(=O)CN(C)CCNC(=O)C(C)(C)C. The number of amides is 2. The minimum atomic E-state index is -0.387. The van der Waals surface area contributed by atoms with E-state index in [0.717, 1.165) is 0 Å². The maximum Gasteiger partial charge on any atom is 0.237 e. The molecule has 0 spiro atoms. The van der Waals surface area contributed by atoms with E-state index in [2.05, 4.69) is 11.2 Å². The van der Waals surface area contributed by atoms with Crippen molar-refractivity contribution in [1.29, 1.82) is 0 Å². The van der Waals surface area contributed by atoms with Crippen molar-refractivity contribution in [2.45, 2.75) is 20.8 Å². The third kappa shape index (κ3) is 7.47. The van der Waals surface area contributed by atoms with Gasteiger partial charge in [-0.2, -0.15) is 0 Å². The molecule has 0 aromatic heterocycles. The zero-order valence-corrected chi connectivity index (χ0v) is 12.6. The van der Waals surface area contributed by atoms with Crippen molar-refractivity contribution in [3.05, 3.63) is 0 Å². The second-order valence-electron chi connectivity index (χ2n) is 5.70. The van der Waals surface area contributed by atoms with Crippen LogP contribution in [0.3, 0.4) is 0 Å². The number of nitrogens with zero attached hydrogens (tertiary/aromatic N) is 2. The third-order valence-corrected chi connectivity index (χ3v) is 2.62. The predicted octanol–water partition coefficient (Wildman–Crippen LogP) is 0.172. The summed E-state index contributed by atoms with van der Waals surface area (Å²) in [5.74, 6) is 2.41. The Labute approximate surface area is 116 Å². The lowest BCUT2D eigenvalue weighted by Gasteiger charge is -2.22. The fourth-order valence-electron chi connectivity index (χ4n) is 1.28. The molecule has 0 unspecified atom stereocenters. The van der Waals surface area contributed by atoms with Gasteiger partial charge in [-0.25, -0.2) is 0 Å². The normalized spacial score (nSPS) is 11.0. The van der Waals surface area contributed by atoms with Crippen molar-refractivity contribution in [2.75, 3.05) is 40.3 Å². The van der Waals surface area contributed by atoms with Gasteiger partial charge in [0.25, 0.3) is 0 Å². The number of nitrogens with one attached hydrogen (secondary N) is 1. The Morgan fingerprint density at radius 2 is 1.84 bits per heavy atom. The van der Waals surface area contributed by atoms with Gasteiger partial charge in [-0.05, 0) is 7.05 Å². The van der Waals surface area contributed by atoms with E-state index in [0.29, 0.717) is 26.2 Å². The molecule has 0 radical (unpaired) electrons. The fraction of sp³-hybridized carbons (Fsp3) is 0.714. The molecule has 0 aliphatic carbocycles. The quantitative estimate of drug-likeness (QED) is 0.698. The maximum atomic E-state index is 11.7. The van der Waals surface area contributed by atoms with E-state index in [1.54, 1.807) is 7.05 Å². The average molecular weight is 267 g/mol. The van der Waals surface area contributed by atoms with Crippen molar-refractivity contribution >= 4 is 11.8 Å². The van der Waals surface area contributed by atoms with Crippen molar-refractivity contribution in [1.82, 2.24) is 15.1 Å². The van der Waals surface area contributed by atoms with Crippen LogP contribution in [0.25, 0.3) is 0 Å². The van der Waals surface area contributed by atoms with E-state index in [1.807, 2.05) is 32.7 Å². The summed E-state index contributed by atoms with van der Waals surface area (Å²) in [6, 6.07) is 0. The Kier molecular flexibility index (Phi) is 7.17. The number of carbonyl (C=O) groups is 2. The highest BCUT2D eigenvalue weighted by Crippen LogP contribution is 2.11. The second-order valence-corrected chi connectivity index (χ2v) is 5.70. The molecule has 0 fully saturated rings. The average Bonchev–Trinajstić information content (AvgIpc) is 2.27. The Morgan fingerprint density at radius 1 is 1.26 bits per heavy atom. The number of hydrogen-bond acceptors (Lipinski definition) is 3. The molecule has 5 nitrogen and oxygen atoms in total. The Morgan fingerprint density at radius 3 is 2.32 bits per heavy atom. The van der Waals surface area contributed by atoms with Gasteiger partial charge in [0, 0.05) is 25.6 Å². The van der Waals surface area contributed by atoms with Gasteiger partial charge in [0.15, 0.2) is 0 Å². The van der Waals surface area contributed by atoms with Gasteiger partial charge in [0.2, 0.25) is 11.8 Å². The highest BCUT2D eigenvalue weighted by molar-refractivity contribution is 5.81. The molecule has 0 saturated heterocycles. The standard InChI is InChI=1S/C14H25N3O2/c1-7-9-17(6)12(18)11-16(5)10-8-15-13(19)14(2,3)4/h1H,8-11H2,2-6H3,(H,15,19). The molecule has 0 heterocycles. The first-order valence-corrected chi connectivity index (χ1v) is 6.32. The first-order chi connectivity index (χ1) is 8.68. The van der Waals surface area contributed by atoms with Crippen LogP contribution in [0.2, 0.25) is 0 Å². The number of terminal acetylenes is 1. The lowest BCUT2D eigenvalue weighted by molar-refractivity contribution is -0.130. The molecule has 2 amide bonds. The van der Waals surface area contributed by atoms with Crippen molar-refractivity contribution < 1.29 is 9.59 Å². The van der Waals surface area contributed by atoms with E-state index >= 15 is 0 Å². The van der Waals surface area contributed by atoms with Crippen LogP contribution in [0.1, 0.15) is 20.8 Å². The molecule has 0 rings (SSSR count). The molecule has 108 valence electrons. The monoisotopic (exact) mass is 267 g/mol. The van der Waals surface area contributed by atoms with Crippen molar-refractivity contribution in [3.63, 3.8) is 0 Å². The van der Waals surface area contributed by atoms with Crippen LogP contribution in [-0.2, 0) is 9.59 Å². The first-order valence-electron chi connectivity index (χ1n) is 6.32. The Balaban J connectivity index is 3.95. The van der Waals surface area contributed by atoms with Crippen LogP contribution in [0.5, 0.6) is 0 Å². The van der Waals surface area contributed by atoms with Crippen LogP contribution in [-0.4, -0.2) is 61.9 Å². The molecule has 0 aromatic carbocycles. The van der Waals surface area contributed by atoms with Gasteiger partial charge < -0.3 is 10.2 Å². The van der Waals surface area contributed by atoms with Gasteiger partial charge in [-0.1, -0.05) is 26.7 Å². The maximum absolute atomic E-state index is 11.7. The van der Waals surface area contributed by atoms with E-state index in [4.69, 9.17) is 6.42 Å². The molecule has 0 bridgehead atoms. The van der Waals surface area contributed by atoms with Crippen LogP contribution in [0.4, 0.5) is 0 Å². The van der Waals surface area contributed by atoms with E-state index in [-0.39, 0.29) is 17.2 Å². The predicted molar refractivity (Wildman–Crippen MR) is 76.4 cm³/mol. The number of hydrogen-bond donors (Lipinski definition) is 1. The van der Waals surface area contributed by atoms with Crippen molar-refractivity contribution in [2.24, 2.45) is 5.41 Å². The van der Waals surface area contributed by atoms with Gasteiger partial charge in [-0.3, -0.25) is 14.5 Å². The highest BCUT2D eigenvalue weighted by atomic mass is 16.2. The summed E-state index contributed by atoms with van der Waals surface area (Å²) in [5.41, 5.74) is -0.387. The van der Waals surface area contributed by atoms with Crippen LogP contribution in [0, 0.1) is 17.8 Å². The first kappa shape index (κ1) is 17.5. The molecule has 0 saturated carbocycles. The van der Waals surface area contributed by atoms with Crippen LogP contribution < -0.4 is 5.32 Å². The van der Waals surface area contributed by atoms with Crippen LogP contribution in [0.15, 0.2) is 0 Å². The Hall–Kier alpha value is -1.54. The third-order valence-electron chi connectivity index (χ3n) is 2.62. The minimum absolute atomic E-state index is 0.0108. The van der Waals surface area contributed by atoms with Gasteiger partial charge in [0.1, 0.15) is 0 Å². The topological polar surface area (TPSA) is 52.7 Å². The summed E-state index contributed by atoms with van der Waals surface area (Å²) in [5, 5.41) is 2.84. The zero-order chi connectivity index (χ0) is 15.1. The molecule has 0 aliphatic rings. The van der Waals surface area contributed by atoms with Gasteiger partial charge in [-0.15, -0.1) is 6.42 Å². The molecule has 1 N–H and O–H groups in total. The summed E-state index contributed by atoms with van der Waals surface area (Å²) in [6.45, 7) is 7.35. The van der Waals surface area contributed by atoms with E-state index in [9.17, 15) is 9.59 Å². The lowest BCUT2D eigenvalue weighted by Crippen LogP contribution is -2.42. The highest BCUT2D eigenvalue weighted by Gasteiger charge is 2.20. The lowest BCUT2D eigenvalue weighted by atomic mass is 9.96. The van der Waals surface area contributed by atoms with Crippen molar-refractivity contribution in [3.8, 4) is 12.3 Å². The molecule has 19 heavy (non-hydrogen) atoms. The molecular weight excluding hydrogens is 242 g/mol. The van der Waals surface area contributed by atoms with E-state index in [1.165, 1.54) is 4.90 Å². The molecule has 0 aliphatic heterocycles. The number of carbonyl (C=O) groups excluding carboxylic acids is 2. The summed E-state index contributed by atoms with van der Waals surface area (Å²) in [4.78, 5) is 26.7. The fourth-order valence-corrected chi connectivity index (χ4v) is 1.28. The number of likely N-dealkylation sites (N-methyl/N-ethyl adjacent to an activating group) is 2. The second kappa shape index (κ2) is 7.80. The molecule has 5 heteroatoms. The molecular formula is C14H25N3O2. The summed E-state index contributed by atoms with van der Waals surface area (Å²) in [6.07, 6.45) is 5.15. The largest absolute Gasteiger partial charge is 0.354 e. The number of rotatable bonds is 6.